The number of thiazole rings is 1. The molecule has 6 nitrogen and oxygen atoms in total. The number of nitrogens with zero attached hydrogens (tertiary/aromatic N) is 2. The topological polar surface area (TPSA) is 79.4 Å². The summed E-state index contributed by atoms with van der Waals surface area (Å²) in [5, 5.41) is 5.39. The van der Waals surface area contributed by atoms with Gasteiger partial charge in [-0.2, -0.15) is 4.31 Å². The number of aromatic nitrogens is 1. The molecule has 1 fully saturated rings. The molecule has 9 heteroatoms. The first-order valence-corrected chi connectivity index (χ1v) is 15.6. The first-order chi connectivity index (χ1) is 18.0. The summed E-state index contributed by atoms with van der Waals surface area (Å²) in [6.07, 6.45) is 2.87. The fraction of sp³-hybridized carbons (Fsp3) is 0.286. The molecule has 0 unspecified atom stereocenters. The Bertz CT molecular complexity index is 1440. The molecule has 4 aromatic rings. The van der Waals surface area contributed by atoms with Crippen LogP contribution in [0.25, 0.3) is 22.4 Å². The normalized spacial score (nSPS) is 15.1. The van der Waals surface area contributed by atoms with E-state index in [1.54, 1.807) is 17.5 Å². The van der Waals surface area contributed by atoms with Crippen LogP contribution >= 0.6 is 22.7 Å². The van der Waals surface area contributed by atoms with Crippen molar-refractivity contribution in [2.24, 2.45) is 5.92 Å². The van der Waals surface area contributed by atoms with Gasteiger partial charge >= 0.3 is 0 Å². The van der Waals surface area contributed by atoms with Gasteiger partial charge in [-0.25, -0.2) is 13.4 Å². The average Bonchev–Trinajstić information content (AvgIpc) is 3.61. The van der Waals surface area contributed by atoms with Gasteiger partial charge < -0.3 is 5.32 Å². The molecule has 0 saturated carbocycles. The summed E-state index contributed by atoms with van der Waals surface area (Å²) in [6.45, 7) is 2.82. The number of rotatable bonds is 8. The second kappa shape index (κ2) is 11.3. The SMILES string of the molecule is CCCc1sc(NC(=O)C2CCN(S(=O)(=O)c3cccs3)CC2)nc1-c1ccc(-c2ccccc2)cc1. The molecule has 37 heavy (non-hydrogen) atoms. The van der Waals surface area contributed by atoms with E-state index >= 15 is 0 Å². The highest BCUT2D eigenvalue weighted by molar-refractivity contribution is 7.91. The molecule has 3 heterocycles. The van der Waals surface area contributed by atoms with E-state index in [0.717, 1.165) is 34.5 Å². The van der Waals surface area contributed by atoms with Gasteiger partial charge in [0, 0.05) is 29.4 Å². The Labute approximate surface area is 226 Å². The van der Waals surface area contributed by atoms with E-state index in [1.165, 1.54) is 32.5 Å². The third-order valence-electron chi connectivity index (χ3n) is 6.58. The quantitative estimate of drug-likeness (QED) is 0.270. The van der Waals surface area contributed by atoms with Crippen molar-refractivity contribution in [2.45, 2.75) is 36.8 Å². The fourth-order valence-corrected chi connectivity index (χ4v) is 8.28. The third kappa shape index (κ3) is 5.70. The summed E-state index contributed by atoms with van der Waals surface area (Å²) < 4.78 is 27.4. The summed E-state index contributed by atoms with van der Waals surface area (Å²) in [4.78, 5) is 19.0. The van der Waals surface area contributed by atoms with Gasteiger partial charge in [0.25, 0.3) is 10.0 Å². The van der Waals surface area contributed by atoms with Gasteiger partial charge in [0.15, 0.2) is 5.13 Å². The summed E-state index contributed by atoms with van der Waals surface area (Å²) in [6, 6.07) is 22.0. The lowest BCUT2D eigenvalue weighted by Gasteiger charge is -2.29. The number of carbonyl (C=O) groups excluding carboxylic acids is 1. The Balaban J connectivity index is 1.26. The van der Waals surface area contributed by atoms with Crippen LogP contribution in [0.3, 0.4) is 0 Å². The minimum atomic E-state index is -3.48. The molecule has 1 aliphatic heterocycles. The molecule has 1 saturated heterocycles. The Morgan fingerprint density at radius 1 is 0.973 bits per heavy atom. The molecule has 5 rings (SSSR count). The number of anilines is 1. The number of benzene rings is 2. The Morgan fingerprint density at radius 2 is 1.65 bits per heavy atom. The predicted octanol–water partition coefficient (Wildman–Crippen LogP) is 6.53. The number of hydrogen-bond acceptors (Lipinski definition) is 6. The van der Waals surface area contributed by atoms with Crippen LogP contribution in [0.4, 0.5) is 5.13 Å². The molecule has 0 bridgehead atoms. The second-order valence-corrected chi connectivity index (χ2v) is 13.3. The highest BCUT2D eigenvalue weighted by atomic mass is 32.2. The average molecular weight is 552 g/mol. The van der Waals surface area contributed by atoms with E-state index in [-0.39, 0.29) is 11.8 Å². The van der Waals surface area contributed by atoms with Crippen molar-refractivity contribution >= 4 is 43.7 Å². The van der Waals surface area contributed by atoms with E-state index in [1.807, 2.05) is 18.2 Å². The van der Waals surface area contributed by atoms with Gasteiger partial charge in [-0.05, 0) is 41.8 Å². The zero-order chi connectivity index (χ0) is 25.8. The molecule has 0 aliphatic carbocycles. The summed E-state index contributed by atoms with van der Waals surface area (Å²) in [7, 11) is -3.48. The van der Waals surface area contributed by atoms with Crippen molar-refractivity contribution in [3.63, 3.8) is 0 Å². The van der Waals surface area contributed by atoms with E-state index in [2.05, 4.69) is 48.6 Å². The number of carbonyl (C=O) groups is 1. The maximum atomic E-state index is 13.1. The van der Waals surface area contributed by atoms with E-state index in [9.17, 15) is 13.2 Å². The van der Waals surface area contributed by atoms with Gasteiger partial charge in [0.2, 0.25) is 5.91 Å². The standard InChI is InChI=1S/C28H29N3O3S3/c1-2-7-24-26(22-13-11-21(12-14-22)20-8-4-3-5-9-20)29-28(36-24)30-27(32)23-15-17-31(18-16-23)37(33,34)25-10-6-19-35-25/h3-6,8-14,19,23H,2,7,15-18H2,1H3,(H,29,30,32). The van der Waals surface area contributed by atoms with E-state index in [4.69, 9.17) is 4.98 Å². The number of aryl methyl sites for hydroxylation is 1. The maximum absolute atomic E-state index is 13.1. The molecular formula is C28H29N3O3S3. The Morgan fingerprint density at radius 3 is 2.30 bits per heavy atom. The van der Waals surface area contributed by atoms with Crippen LogP contribution in [0.1, 0.15) is 31.1 Å². The third-order valence-corrected chi connectivity index (χ3v) is 10.9. The van der Waals surface area contributed by atoms with E-state index < -0.39 is 10.0 Å². The van der Waals surface area contributed by atoms with Crippen molar-refractivity contribution in [3.05, 3.63) is 77.0 Å². The number of thiophene rings is 1. The molecule has 2 aromatic carbocycles. The lowest BCUT2D eigenvalue weighted by atomic mass is 9.97. The minimum Gasteiger partial charge on any atom is -0.302 e. The smallest absolute Gasteiger partial charge is 0.252 e. The van der Waals surface area contributed by atoms with Gasteiger partial charge in [-0.15, -0.1) is 22.7 Å². The van der Waals surface area contributed by atoms with Crippen LogP contribution in [0.2, 0.25) is 0 Å². The molecular weight excluding hydrogens is 523 g/mol. The monoisotopic (exact) mass is 551 g/mol. The highest BCUT2D eigenvalue weighted by Crippen LogP contribution is 2.34. The number of piperidine rings is 1. The van der Waals surface area contributed by atoms with Crippen molar-refractivity contribution in [2.75, 3.05) is 18.4 Å². The van der Waals surface area contributed by atoms with Crippen LogP contribution in [0.5, 0.6) is 0 Å². The molecule has 1 aliphatic rings. The van der Waals surface area contributed by atoms with Crippen LogP contribution in [-0.2, 0) is 21.2 Å². The fourth-order valence-electron chi connectivity index (χ4n) is 4.58. The number of nitrogens with one attached hydrogen (secondary N) is 1. The lowest BCUT2D eigenvalue weighted by Crippen LogP contribution is -2.41. The molecule has 0 radical (unpaired) electrons. The summed E-state index contributed by atoms with van der Waals surface area (Å²) >= 11 is 2.75. The molecule has 2 aromatic heterocycles. The number of hydrogen-bond donors (Lipinski definition) is 1. The van der Waals surface area contributed by atoms with Crippen LogP contribution in [0.15, 0.2) is 76.3 Å². The highest BCUT2D eigenvalue weighted by Gasteiger charge is 2.33. The van der Waals surface area contributed by atoms with Crippen molar-refractivity contribution in [1.29, 1.82) is 0 Å². The van der Waals surface area contributed by atoms with Crippen molar-refractivity contribution in [3.8, 4) is 22.4 Å². The second-order valence-electron chi connectivity index (χ2n) is 9.08. The van der Waals surface area contributed by atoms with Crippen molar-refractivity contribution < 1.29 is 13.2 Å². The molecule has 0 spiro atoms. The molecule has 1 amide bonds. The lowest BCUT2D eigenvalue weighted by molar-refractivity contribution is -0.120. The van der Waals surface area contributed by atoms with Gasteiger partial charge in [-0.3, -0.25) is 4.79 Å². The minimum absolute atomic E-state index is 0.0871. The molecule has 192 valence electrons. The first-order valence-electron chi connectivity index (χ1n) is 12.5. The summed E-state index contributed by atoms with van der Waals surface area (Å²) in [5.74, 6) is -0.321. The largest absolute Gasteiger partial charge is 0.302 e. The van der Waals surface area contributed by atoms with Gasteiger partial charge in [-0.1, -0.05) is 74.0 Å². The predicted molar refractivity (Wildman–Crippen MR) is 151 cm³/mol. The number of amides is 1. The maximum Gasteiger partial charge on any atom is 0.252 e. The van der Waals surface area contributed by atoms with Crippen LogP contribution in [0, 0.1) is 5.92 Å². The van der Waals surface area contributed by atoms with E-state index in [0.29, 0.717) is 35.3 Å². The summed E-state index contributed by atoms with van der Waals surface area (Å²) in [5.41, 5.74) is 4.27. The van der Waals surface area contributed by atoms with Gasteiger partial charge in [0.05, 0.1) is 5.69 Å². The first kappa shape index (κ1) is 25.8. The Hall–Kier alpha value is -2.85. The zero-order valence-corrected chi connectivity index (χ0v) is 23.0. The molecule has 0 atom stereocenters. The van der Waals surface area contributed by atoms with Crippen LogP contribution < -0.4 is 5.32 Å². The number of sulfonamides is 1. The Kier molecular flexibility index (Phi) is 7.85. The van der Waals surface area contributed by atoms with Crippen LogP contribution in [-0.4, -0.2) is 36.7 Å². The van der Waals surface area contributed by atoms with Crippen molar-refractivity contribution in [1.82, 2.24) is 9.29 Å². The molecule has 1 N–H and O–H groups in total. The van der Waals surface area contributed by atoms with Gasteiger partial charge in [0.1, 0.15) is 4.21 Å². The zero-order valence-electron chi connectivity index (χ0n) is 20.6.